The Hall–Kier alpha value is -1.87. The van der Waals surface area contributed by atoms with Crippen molar-refractivity contribution in [2.45, 2.75) is 12.7 Å². The molecule has 6 heteroatoms. The molecule has 0 unspecified atom stereocenters. The maximum Gasteiger partial charge on any atom is 0.321 e. The first-order valence-corrected chi connectivity index (χ1v) is 7.14. The van der Waals surface area contributed by atoms with Gasteiger partial charge in [-0.15, -0.1) is 0 Å². The quantitative estimate of drug-likeness (QED) is 0.744. The maximum atomic E-state index is 11.7. The number of esters is 1. The summed E-state index contributed by atoms with van der Waals surface area (Å²) in [6.07, 6.45) is 0. The van der Waals surface area contributed by atoms with E-state index in [4.69, 9.17) is 5.26 Å². The molecule has 0 saturated heterocycles. The molecule has 96 valence electrons. The number of carbonyl (C=O) groups is 1. The van der Waals surface area contributed by atoms with E-state index in [0.717, 1.165) is 0 Å². The first-order valence-electron chi connectivity index (χ1n) is 5.32. The monoisotopic (exact) mass is 267 g/mol. The molecule has 0 aliphatic rings. The molecule has 1 rings (SSSR count). The normalized spacial score (nSPS) is 10.7. The van der Waals surface area contributed by atoms with Crippen LogP contribution in [0, 0.1) is 11.3 Å². The number of benzene rings is 1. The highest BCUT2D eigenvalue weighted by Gasteiger charge is 2.18. The second-order valence-electron chi connectivity index (χ2n) is 3.65. The summed E-state index contributed by atoms with van der Waals surface area (Å²) in [4.78, 5) is 11.1. The molecule has 0 heterocycles. The zero-order valence-corrected chi connectivity index (χ0v) is 10.7. The van der Waals surface area contributed by atoms with Gasteiger partial charge in [0, 0.05) is 0 Å². The lowest BCUT2D eigenvalue weighted by atomic mass is 10.2. The summed E-state index contributed by atoms with van der Waals surface area (Å²) >= 11 is 0. The van der Waals surface area contributed by atoms with Crippen LogP contribution in [0.4, 0.5) is 0 Å². The van der Waals surface area contributed by atoms with Gasteiger partial charge in [-0.05, 0) is 24.6 Å². The Morgan fingerprint density at radius 1 is 1.44 bits per heavy atom. The lowest BCUT2D eigenvalue weighted by Crippen LogP contribution is -2.20. The van der Waals surface area contributed by atoms with E-state index in [1.165, 1.54) is 6.07 Å². The molecule has 0 atom stereocenters. The highest BCUT2D eigenvalue weighted by atomic mass is 32.2. The molecule has 0 spiro atoms. The molecule has 0 fully saturated rings. The third kappa shape index (κ3) is 4.55. The van der Waals surface area contributed by atoms with Crippen LogP contribution < -0.4 is 0 Å². The number of ether oxygens (including phenoxy) is 1. The summed E-state index contributed by atoms with van der Waals surface area (Å²) in [5.41, 5.74) is 0.872. The van der Waals surface area contributed by atoms with E-state index < -0.39 is 21.6 Å². The Bertz CT molecular complexity index is 572. The standard InChI is InChI=1S/C12H13NO4S/c1-2-17-12(14)9-18(15,16)8-11-5-3-4-10(6-11)7-13/h3-6H,2,8-9H2,1H3. The maximum absolute atomic E-state index is 11.7. The van der Waals surface area contributed by atoms with E-state index in [1.807, 2.05) is 6.07 Å². The van der Waals surface area contributed by atoms with Crippen molar-refractivity contribution in [2.75, 3.05) is 12.4 Å². The minimum Gasteiger partial charge on any atom is -0.465 e. The molecular formula is C12H13NO4S. The fraction of sp³-hybridized carbons (Fsp3) is 0.333. The fourth-order valence-electron chi connectivity index (χ4n) is 1.42. The van der Waals surface area contributed by atoms with Crippen molar-refractivity contribution in [2.24, 2.45) is 0 Å². The van der Waals surface area contributed by atoms with E-state index in [0.29, 0.717) is 11.1 Å². The summed E-state index contributed by atoms with van der Waals surface area (Å²) in [6.45, 7) is 1.76. The van der Waals surface area contributed by atoms with Crippen LogP contribution in [0.1, 0.15) is 18.1 Å². The summed E-state index contributed by atoms with van der Waals surface area (Å²) in [6, 6.07) is 8.21. The molecule has 18 heavy (non-hydrogen) atoms. The van der Waals surface area contributed by atoms with Crippen LogP contribution in [0.15, 0.2) is 24.3 Å². The fourth-order valence-corrected chi connectivity index (χ4v) is 2.65. The van der Waals surface area contributed by atoms with Gasteiger partial charge in [-0.25, -0.2) is 8.42 Å². The van der Waals surface area contributed by atoms with Gasteiger partial charge in [-0.3, -0.25) is 4.79 Å². The van der Waals surface area contributed by atoms with Crippen LogP contribution in [-0.2, 0) is 25.1 Å². The summed E-state index contributed by atoms with van der Waals surface area (Å²) < 4.78 is 28.0. The van der Waals surface area contributed by atoms with E-state index >= 15 is 0 Å². The highest BCUT2D eigenvalue weighted by Crippen LogP contribution is 2.09. The van der Waals surface area contributed by atoms with Crippen LogP contribution in [0.2, 0.25) is 0 Å². The van der Waals surface area contributed by atoms with Crippen molar-refractivity contribution in [3.8, 4) is 6.07 Å². The summed E-state index contributed by atoms with van der Waals surface area (Å²) in [5.74, 6) is -1.67. The Labute approximate surface area is 106 Å². The number of nitrogens with zero attached hydrogens (tertiary/aromatic N) is 1. The first-order chi connectivity index (χ1) is 8.46. The van der Waals surface area contributed by atoms with Gasteiger partial charge in [0.15, 0.2) is 9.84 Å². The zero-order valence-electron chi connectivity index (χ0n) is 9.92. The van der Waals surface area contributed by atoms with Gasteiger partial charge in [0.2, 0.25) is 0 Å². The summed E-state index contributed by atoms with van der Waals surface area (Å²) in [7, 11) is -3.56. The summed E-state index contributed by atoms with van der Waals surface area (Å²) in [5, 5.41) is 8.70. The van der Waals surface area contributed by atoms with Crippen LogP contribution in [0.25, 0.3) is 0 Å². The van der Waals surface area contributed by atoms with E-state index in [9.17, 15) is 13.2 Å². The zero-order chi connectivity index (χ0) is 13.6. The molecule has 0 saturated carbocycles. The second kappa shape index (κ2) is 6.17. The molecule has 0 radical (unpaired) electrons. The van der Waals surface area contributed by atoms with Gasteiger partial charge in [-0.1, -0.05) is 12.1 Å². The molecule has 0 N–H and O–H groups in total. The third-order valence-corrected chi connectivity index (χ3v) is 3.53. The molecule has 0 aromatic heterocycles. The van der Waals surface area contributed by atoms with Gasteiger partial charge >= 0.3 is 5.97 Å². The topological polar surface area (TPSA) is 84.2 Å². The Morgan fingerprint density at radius 2 is 2.17 bits per heavy atom. The number of sulfone groups is 1. The van der Waals surface area contributed by atoms with Crippen LogP contribution in [0.3, 0.4) is 0 Å². The van der Waals surface area contributed by atoms with Gasteiger partial charge in [0.05, 0.1) is 24.0 Å². The van der Waals surface area contributed by atoms with Crippen molar-refractivity contribution in [3.05, 3.63) is 35.4 Å². The van der Waals surface area contributed by atoms with Crippen molar-refractivity contribution < 1.29 is 17.9 Å². The highest BCUT2D eigenvalue weighted by molar-refractivity contribution is 7.91. The van der Waals surface area contributed by atoms with Crippen LogP contribution >= 0.6 is 0 Å². The van der Waals surface area contributed by atoms with Crippen molar-refractivity contribution in [3.63, 3.8) is 0 Å². The Kier molecular flexibility index (Phi) is 4.86. The minimum atomic E-state index is -3.56. The van der Waals surface area contributed by atoms with Crippen LogP contribution in [0.5, 0.6) is 0 Å². The lowest BCUT2D eigenvalue weighted by Gasteiger charge is -2.04. The largest absolute Gasteiger partial charge is 0.465 e. The number of hydrogen-bond acceptors (Lipinski definition) is 5. The Balaban J connectivity index is 2.77. The first kappa shape index (κ1) is 14.2. The molecule has 0 bridgehead atoms. The number of carbonyl (C=O) groups excluding carboxylic acids is 1. The number of rotatable bonds is 5. The molecule has 1 aromatic carbocycles. The SMILES string of the molecule is CCOC(=O)CS(=O)(=O)Cc1cccc(C#N)c1. The smallest absolute Gasteiger partial charge is 0.321 e. The minimum absolute atomic E-state index is 0.151. The molecular weight excluding hydrogens is 254 g/mol. The number of nitriles is 1. The Morgan fingerprint density at radius 3 is 2.78 bits per heavy atom. The van der Waals surface area contributed by atoms with Gasteiger partial charge < -0.3 is 4.74 Å². The molecule has 1 aromatic rings. The molecule has 0 amide bonds. The number of hydrogen-bond donors (Lipinski definition) is 0. The third-order valence-electron chi connectivity index (χ3n) is 2.09. The van der Waals surface area contributed by atoms with Gasteiger partial charge in [0.1, 0.15) is 5.75 Å². The van der Waals surface area contributed by atoms with Crippen molar-refractivity contribution in [1.82, 2.24) is 0 Å². The molecule has 5 nitrogen and oxygen atoms in total. The van der Waals surface area contributed by atoms with Crippen LogP contribution in [-0.4, -0.2) is 26.7 Å². The predicted molar refractivity (Wildman–Crippen MR) is 65.3 cm³/mol. The van der Waals surface area contributed by atoms with E-state index in [2.05, 4.69) is 4.74 Å². The predicted octanol–water partition coefficient (Wildman–Crippen LogP) is 1.04. The molecule has 0 aliphatic carbocycles. The second-order valence-corrected chi connectivity index (χ2v) is 5.71. The lowest BCUT2D eigenvalue weighted by molar-refractivity contribution is -0.139. The molecule has 0 aliphatic heterocycles. The van der Waals surface area contributed by atoms with Crippen molar-refractivity contribution >= 4 is 15.8 Å². The van der Waals surface area contributed by atoms with Gasteiger partial charge in [-0.2, -0.15) is 5.26 Å². The van der Waals surface area contributed by atoms with Gasteiger partial charge in [0.25, 0.3) is 0 Å². The van der Waals surface area contributed by atoms with Crippen molar-refractivity contribution in [1.29, 1.82) is 5.26 Å². The van der Waals surface area contributed by atoms with E-state index in [1.54, 1.807) is 25.1 Å². The van der Waals surface area contributed by atoms with E-state index in [-0.39, 0.29) is 12.4 Å². The average molecular weight is 267 g/mol. The average Bonchev–Trinajstić information content (AvgIpc) is 2.28.